The van der Waals surface area contributed by atoms with Crippen LogP contribution in [0.2, 0.25) is 0 Å². The van der Waals surface area contributed by atoms with Gasteiger partial charge in [-0.3, -0.25) is 4.98 Å². The van der Waals surface area contributed by atoms with Crippen LogP contribution in [0, 0.1) is 0 Å². The molecule has 2 rings (SSSR count). The highest BCUT2D eigenvalue weighted by Gasteiger charge is 2.03. The lowest BCUT2D eigenvalue weighted by molar-refractivity contribution is 1.22. The molecule has 0 radical (unpaired) electrons. The van der Waals surface area contributed by atoms with Crippen LogP contribution in [-0.2, 0) is 0 Å². The average molecular weight is 213 g/mol. The lowest BCUT2D eigenvalue weighted by Gasteiger charge is -2.10. The molecule has 0 bridgehead atoms. The Bertz CT molecular complexity index is 532. The molecule has 0 atom stereocenters. The van der Waals surface area contributed by atoms with Crippen molar-refractivity contribution in [3.63, 3.8) is 0 Å². The predicted octanol–water partition coefficient (Wildman–Crippen LogP) is 2.81. The molecule has 0 unspecified atom stereocenters. The average Bonchev–Trinajstić information content (AvgIpc) is 2.28. The number of fused-ring (bicyclic) bond motifs is 1. The number of aromatic nitrogens is 1. The molecule has 0 saturated heterocycles. The van der Waals surface area contributed by atoms with Gasteiger partial charge in [-0.1, -0.05) is 12.2 Å². The minimum Gasteiger partial charge on any atom is -0.398 e. The third-order valence-corrected chi connectivity index (χ3v) is 2.38. The van der Waals surface area contributed by atoms with E-state index in [1.165, 1.54) is 0 Å². The van der Waals surface area contributed by atoms with Crippen molar-refractivity contribution in [3.05, 3.63) is 42.6 Å². The molecule has 0 spiro atoms. The van der Waals surface area contributed by atoms with Crippen LogP contribution in [0.5, 0.6) is 0 Å². The summed E-state index contributed by atoms with van der Waals surface area (Å²) in [6.45, 7) is 6.59. The molecule has 3 heteroatoms. The van der Waals surface area contributed by atoms with E-state index in [0.717, 1.165) is 34.4 Å². The maximum atomic E-state index is 5.90. The molecule has 1 heterocycles. The predicted molar refractivity (Wildman–Crippen MR) is 69.5 cm³/mol. The highest BCUT2D eigenvalue weighted by molar-refractivity contribution is 5.98. The fraction of sp³-hybridized carbons (Fsp3) is 0.154. The third kappa shape index (κ3) is 1.98. The highest BCUT2D eigenvalue weighted by Crippen LogP contribution is 2.26. The molecule has 82 valence electrons. The molecule has 0 aliphatic carbocycles. The van der Waals surface area contributed by atoms with Crippen molar-refractivity contribution >= 4 is 22.3 Å². The Labute approximate surface area is 95.0 Å². The summed E-state index contributed by atoms with van der Waals surface area (Å²) in [7, 11) is 0. The van der Waals surface area contributed by atoms with Gasteiger partial charge in [0.15, 0.2) is 0 Å². The van der Waals surface area contributed by atoms with Gasteiger partial charge in [0, 0.05) is 23.8 Å². The number of rotatable bonds is 3. The molecule has 0 amide bonds. The van der Waals surface area contributed by atoms with Crippen LogP contribution < -0.4 is 11.1 Å². The zero-order chi connectivity index (χ0) is 11.5. The first-order valence-corrected chi connectivity index (χ1v) is 5.20. The second kappa shape index (κ2) is 4.23. The SMILES string of the molecule is C=C(C)CNc1ccc(N)c2cccnc12. The van der Waals surface area contributed by atoms with Gasteiger partial charge in [-0.25, -0.2) is 0 Å². The quantitative estimate of drug-likeness (QED) is 0.609. The summed E-state index contributed by atoms with van der Waals surface area (Å²) in [6, 6.07) is 7.71. The largest absolute Gasteiger partial charge is 0.398 e. The molecule has 0 aliphatic heterocycles. The van der Waals surface area contributed by atoms with Gasteiger partial charge >= 0.3 is 0 Å². The number of anilines is 2. The zero-order valence-corrected chi connectivity index (χ0v) is 9.33. The Morgan fingerprint density at radius 3 is 3.00 bits per heavy atom. The maximum Gasteiger partial charge on any atom is 0.0953 e. The first kappa shape index (κ1) is 10.5. The van der Waals surface area contributed by atoms with E-state index >= 15 is 0 Å². The molecule has 16 heavy (non-hydrogen) atoms. The second-order valence-electron chi connectivity index (χ2n) is 3.91. The van der Waals surface area contributed by atoms with Crippen molar-refractivity contribution in [1.82, 2.24) is 4.98 Å². The van der Waals surface area contributed by atoms with E-state index in [0.29, 0.717) is 0 Å². The summed E-state index contributed by atoms with van der Waals surface area (Å²) in [5.74, 6) is 0. The second-order valence-corrected chi connectivity index (χ2v) is 3.91. The van der Waals surface area contributed by atoms with E-state index in [2.05, 4.69) is 16.9 Å². The van der Waals surface area contributed by atoms with Gasteiger partial charge in [0.05, 0.1) is 11.2 Å². The van der Waals surface area contributed by atoms with E-state index in [4.69, 9.17) is 5.73 Å². The minimum absolute atomic E-state index is 0.746. The van der Waals surface area contributed by atoms with E-state index in [1.807, 2.05) is 31.2 Å². The summed E-state index contributed by atoms with van der Waals surface area (Å²) >= 11 is 0. The van der Waals surface area contributed by atoms with Crippen LogP contribution in [0.15, 0.2) is 42.6 Å². The van der Waals surface area contributed by atoms with Gasteiger partial charge in [-0.2, -0.15) is 0 Å². The lowest BCUT2D eigenvalue weighted by Crippen LogP contribution is -2.03. The number of pyridine rings is 1. The fourth-order valence-corrected chi connectivity index (χ4v) is 1.58. The maximum absolute atomic E-state index is 5.90. The van der Waals surface area contributed by atoms with Crippen molar-refractivity contribution in [2.45, 2.75) is 6.92 Å². The molecule has 0 aliphatic rings. The number of hydrogen-bond acceptors (Lipinski definition) is 3. The smallest absolute Gasteiger partial charge is 0.0953 e. The number of benzene rings is 1. The zero-order valence-electron chi connectivity index (χ0n) is 9.33. The Morgan fingerprint density at radius 2 is 2.25 bits per heavy atom. The van der Waals surface area contributed by atoms with Crippen LogP contribution in [0.4, 0.5) is 11.4 Å². The highest BCUT2D eigenvalue weighted by atomic mass is 14.9. The molecule has 1 aromatic carbocycles. The van der Waals surface area contributed by atoms with Crippen LogP contribution in [0.1, 0.15) is 6.92 Å². The Kier molecular flexibility index (Phi) is 2.77. The first-order valence-electron chi connectivity index (χ1n) is 5.20. The van der Waals surface area contributed by atoms with Crippen LogP contribution >= 0.6 is 0 Å². The van der Waals surface area contributed by atoms with E-state index in [1.54, 1.807) is 6.20 Å². The third-order valence-electron chi connectivity index (χ3n) is 2.38. The molecule has 2 aromatic rings. The van der Waals surface area contributed by atoms with Gasteiger partial charge in [0.25, 0.3) is 0 Å². The Morgan fingerprint density at radius 1 is 1.44 bits per heavy atom. The molecule has 3 N–H and O–H groups in total. The van der Waals surface area contributed by atoms with Crippen molar-refractivity contribution in [2.75, 3.05) is 17.6 Å². The van der Waals surface area contributed by atoms with Crippen molar-refractivity contribution < 1.29 is 0 Å². The summed E-state index contributed by atoms with van der Waals surface area (Å²) in [5.41, 5.74) is 9.63. The minimum atomic E-state index is 0.746. The Hall–Kier alpha value is -2.03. The molecule has 0 saturated carbocycles. The van der Waals surface area contributed by atoms with E-state index < -0.39 is 0 Å². The van der Waals surface area contributed by atoms with Crippen molar-refractivity contribution in [2.24, 2.45) is 0 Å². The summed E-state index contributed by atoms with van der Waals surface area (Å²) in [4.78, 5) is 4.35. The van der Waals surface area contributed by atoms with Crippen LogP contribution in [-0.4, -0.2) is 11.5 Å². The van der Waals surface area contributed by atoms with Crippen molar-refractivity contribution in [3.8, 4) is 0 Å². The van der Waals surface area contributed by atoms with Gasteiger partial charge in [0.2, 0.25) is 0 Å². The monoisotopic (exact) mass is 213 g/mol. The molecule has 3 nitrogen and oxygen atoms in total. The lowest BCUT2D eigenvalue weighted by atomic mass is 10.1. The summed E-state index contributed by atoms with van der Waals surface area (Å²) in [6.07, 6.45) is 1.77. The van der Waals surface area contributed by atoms with Gasteiger partial charge < -0.3 is 11.1 Å². The van der Waals surface area contributed by atoms with E-state index in [-0.39, 0.29) is 0 Å². The van der Waals surface area contributed by atoms with Crippen LogP contribution in [0.3, 0.4) is 0 Å². The summed E-state index contributed by atoms with van der Waals surface area (Å²) < 4.78 is 0. The number of nitrogens with zero attached hydrogens (tertiary/aromatic N) is 1. The standard InChI is InChI=1S/C13H15N3/c1-9(2)8-16-12-6-5-11(14)10-4-3-7-15-13(10)12/h3-7,16H,1,8,14H2,2H3. The van der Waals surface area contributed by atoms with Crippen molar-refractivity contribution in [1.29, 1.82) is 0 Å². The van der Waals surface area contributed by atoms with Gasteiger partial charge in [0.1, 0.15) is 0 Å². The summed E-state index contributed by atoms with van der Waals surface area (Å²) in [5, 5.41) is 4.28. The molecule has 0 fully saturated rings. The first-order chi connectivity index (χ1) is 7.68. The fourth-order valence-electron chi connectivity index (χ4n) is 1.58. The number of nitrogen functional groups attached to an aromatic ring is 1. The van der Waals surface area contributed by atoms with Gasteiger partial charge in [-0.05, 0) is 31.2 Å². The molecular weight excluding hydrogens is 198 g/mol. The topological polar surface area (TPSA) is 50.9 Å². The number of nitrogens with two attached hydrogens (primary N) is 1. The van der Waals surface area contributed by atoms with Crippen LogP contribution in [0.25, 0.3) is 10.9 Å². The van der Waals surface area contributed by atoms with Gasteiger partial charge in [-0.15, -0.1) is 0 Å². The number of nitrogens with one attached hydrogen (secondary N) is 1. The number of hydrogen-bond donors (Lipinski definition) is 2. The Balaban J connectivity index is 2.46. The van der Waals surface area contributed by atoms with E-state index in [9.17, 15) is 0 Å². The molecule has 1 aromatic heterocycles. The normalized spacial score (nSPS) is 10.3. The molecular formula is C13H15N3.